The van der Waals surface area contributed by atoms with Gasteiger partial charge in [-0.05, 0) is 24.6 Å². The lowest BCUT2D eigenvalue weighted by Gasteiger charge is -2.12. The Kier molecular flexibility index (Phi) is 6.37. The van der Waals surface area contributed by atoms with Crippen molar-refractivity contribution in [2.75, 3.05) is 30.5 Å². The van der Waals surface area contributed by atoms with Crippen LogP contribution in [0.15, 0.2) is 35.7 Å². The molecule has 0 aliphatic carbocycles. The van der Waals surface area contributed by atoms with E-state index in [2.05, 4.69) is 26.0 Å². The monoisotopic (exact) mass is 319 g/mol. The quantitative estimate of drug-likeness (QED) is 0.319. The van der Waals surface area contributed by atoms with Crippen molar-refractivity contribution in [2.24, 2.45) is 5.29 Å². The molecule has 0 saturated heterocycles. The van der Waals surface area contributed by atoms with E-state index in [1.165, 1.54) is 12.3 Å². The number of anilines is 2. The molecule has 0 aliphatic heterocycles. The summed E-state index contributed by atoms with van der Waals surface area (Å²) in [5.41, 5.74) is 3.92. The van der Waals surface area contributed by atoms with E-state index in [0.717, 1.165) is 6.42 Å². The van der Waals surface area contributed by atoms with E-state index in [9.17, 15) is 9.30 Å². The van der Waals surface area contributed by atoms with Gasteiger partial charge in [-0.15, -0.1) is 4.91 Å². The SMILES string of the molecule is CCCOCCNc1nc(-c2ccnc(F)c2)ccc1NN=O. The van der Waals surface area contributed by atoms with Crippen molar-refractivity contribution < 1.29 is 9.13 Å². The van der Waals surface area contributed by atoms with Gasteiger partial charge in [-0.1, -0.05) is 6.92 Å². The summed E-state index contributed by atoms with van der Waals surface area (Å²) in [6.45, 7) is 3.75. The lowest BCUT2D eigenvalue weighted by molar-refractivity contribution is 0.144. The van der Waals surface area contributed by atoms with Gasteiger partial charge in [-0.2, -0.15) is 4.39 Å². The molecule has 0 radical (unpaired) electrons. The lowest BCUT2D eigenvalue weighted by atomic mass is 10.1. The zero-order chi connectivity index (χ0) is 16.5. The third-order valence-electron chi connectivity index (χ3n) is 2.97. The van der Waals surface area contributed by atoms with Crippen molar-refractivity contribution in [3.8, 4) is 11.3 Å². The van der Waals surface area contributed by atoms with Crippen LogP contribution in [0.5, 0.6) is 0 Å². The Balaban J connectivity index is 2.16. The van der Waals surface area contributed by atoms with E-state index in [-0.39, 0.29) is 0 Å². The summed E-state index contributed by atoms with van der Waals surface area (Å²) >= 11 is 0. The van der Waals surface area contributed by atoms with Crippen LogP contribution in [0.3, 0.4) is 0 Å². The first-order valence-electron chi connectivity index (χ1n) is 7.27. The normalized spacial score (nSPS) is 10.3. The number of hydrogen-bond acceptors (Lipinski definition) is 6. The highest BCUT2D eigenvalue weighted by atomic mass is 19.1. The molecule has 122 valence electrons. The van der Waals surface area contributed by atoms with E-state index >= 15 is 0 Å². The molecule has 7 nitrogen and oxygen atoms in total. The van der Waals surface area contributed by atoms with Gasteiger partial charge in [0, 0.05) is 31.0 Å². The van der Waals surface area contributed by atoms with Crippen molar-refractivity contribution >= 4 is 11.5 Å². The molecule has 0 bridgehead atoms. The predicted octanol–water partition coefficient (Wildman–Crippen LogP) is 3.21. The number of hydrogen-bond donors (Lipinski definition) is 2. The summed E-state index contributed by atoms with van der Waals surface area (Å²) in [6.07, 6.45) is 2.32. The molecule has 0 unspecified atom stereocenters. The molecule has 0 fully saturated rings. The third-order valence-corrected chi connectivity index (χ3v) is 2.97. The Morgan fingerprint density at radius 1 is 1.30 bits per heavy atom. The van der Waals surface area contributed by atoms with Crippen LogP contribution in [-0.2, 0) is 4.74 Å². The van der Waals surface area contributed by atoms with Crippen molar-refractivity contribution in [1.29, 1.82) is 0 Å². The van der Waals surface area contributed by atoms with Crippen molar-refractivity contribution in [2.45, 2.75) is 13.3 Å². The van der Waals surface area contributed by atoms with Crippen LogP contribution in [-0.4, -0.2) is 29.7 Å². The first-order chi connectivity index (χ1) is 11.2. The van der Waals surface area contributed by atoms with E-state index in [0.29, 0.717) is 42.5 Å². The van der Waals surface area contributed by atoms with E-state index in [4.69, 9.17) is 4.74 Å². The summed E-state index contributed by atoms with van der Waals surface area (Å²) in [6, 6.07) is 6.27. The number of pyridine rings is 2. The van der Waals surface area contributed by atoms with Crippen molar-refractivity contribution in [3.05, 3.63) is 41.3 Å². The Hall–Kier alpha value is -2.61. The highest BCUT2D eigenvalue weighted by Gasteiger charge is 2.08. The number of ether oxygens (including phenoxy) is 1. The van der Waals surface area contributed by atoms with Gasteiger partial charge < -0.3 is 10.1 Å². The number of rotatable bonds is 9. The molecule has 0 amide bonds. The Morgan fingerprint density at radius 3 is 2.91 bits per heavy atom. The molecule has 0 atom stereocenters. The molecule has 2 rings (SSSR count). The van der Waals surface area contributed by atoms with E-state index < -0.39 is 5.95 Å². The minimum atomic E-state index is -0.580. The molecule has 0 saturated carbocycles. The fraction of sp³-hybridized carbons (Fsp3) is 0.333. The fourth-order valence-electron chi connectivity index (χ4n) is 1.94. The topological polar surface area (TPSA) is 88.5 Å². The van der Waals surface area contributed by atoms with E-state index in [1.807, 2.05) is 6.92 Å². The predicted molar refractivity (Wildman–Crippen MR) is 86.4 cm³/mol. The average Bonchev–Trinajstić information content (AvgIpc) is 2.56. The Labute approximate surface area is 133 Å². The molecule has 0 aromatic carbocycles. The lowest BCUT2D eigenvalue weighted by Crippen LogP contribution is -2.12. The maximum absolute atomic E-state index is 13.2. The molecule has 2 N–H and O–H groups in total. The van der Waals surface area contributed by atoms with Crippen LogP contribution in [0.4, 0.5) is 15.9 Å². The second kappa shape index (κ2) is 8.74. The second-order valence-corrected chi connectivity index (χ2v) is 4.70. The number of aromatic nitrogens is 2. The molecule has 2 aromatic rings. The molecular formula is C15H18FN5O2. The molecular weight excluding hydrogens is 301 g/mol. The smallest absolute Gasteiger partial charge is 0.213 e. The minimum Gasteiger partial charge on any atom is -0.380 e. The number of nitrogens with zero attached hydrogens (tertiary/aromatic N) is 3. The van der Waals surface area contributed by atoms with Gasteiger partial charge in [-0.3, -0.25) is 0 Å². The fourth-order valence-corrected chi connectivity index (χ4v) is 1.94. The van der Waals surface area contributed by atoms with Crippen LogP contribution in [0.1, 0.15) is 13.3 Å². The molecule has 0 aliphatic rings. The van der Waals surface area contributed by atoms with Crippen LogP contribution in [0, 0.1) is 10.9 Å². The summed E-state index contributed by atoms with van der Waals surface area (Å²) in [4.78, 5) is 18.4. The minimum absolute atomic E-state index is 0.439. The van der Waals surface area contributed by atoms with Crippen LogP contribution < -0.4 is 10.7 Å². The zero-order valence-electron chi connectivity index (χ0n) is 12.8. The van der Waals surface area contributed by atoms with Crippen LogP contribution in [0.25, 0.3) is 11.3 Å². The van der Waals surface area contributed by atoms with Crippen molar-refractivity contribution in [3.63, 3.8) is 0 Å². The molecule has 0 spiro atoms. The molecule has 2 heterocycles. The molecule has 2 aromatic heterocycles. The first-order valence-corrected chi connectivity index (χ1v) is 7.27. The summed E-state index contributed by atoms with van der Waals surface area (Å²) in [5, 5.41) is 5.73. The highest BCUT2D eigenvalue weighted by molar-refractivity contribution is 5.70. The summed E-state index contributed by atoms with van der Waals surface area (Å²) in [5.74, 6) is -0.136. The molecule has 23 heavy (non-hydrogen) atoms. The zero-order valence-corrected chi connectivity index (χ0v) is 12.8. The van der Waals surface area contributed by atoms with Gasteiger partial charge in [0.15, 0.2) is 5.82 Å². The summed E-state index contributed by atoms with van der Waals surface area (Å²) < 4.78 is 18.6. The largest absolute Gasteiger partial charge is 0.380 e. The maximum atomic E-state index is 13.2. The highest BCUT2D eigenvalue weighted by Crippen LogP contribution is 2.25. The first kappa shape index (κ1) is 16.8. The number of nitroso groups, excluding NO2 is 1. The molecule has 8 heteroatoms. The van der Waals surface area contributed by atoms with Gasteiger partial charge in [-0.25, -0.2) is 15.4 Å². The van der Waals surface area contributed by atoms with Crippen LogP contribution in [0.2, 0.25) is 0 Å². The van der Waals surface area contributed by atoms with Crippen molar-refractivity contribution in [1.82, 2.24) is 9.97 Å². The van der Waals surface area contributed by atoms with Crippen LogP contribution >= 0.6 is 0 Å². The van der Waals surface area contributed by atoms with Gasteiger partial charge in [0.2, 0.25) is 5.95 Å². The maximum Gasteiger partial charge on any atom is 0.213 e. The number of nitrogens with one attached hydrogen (secondary N) is 2. The average molecular weight is 319 g/mol. The standard InChI is InChI=1S/C15H18FN5O2/c1-2-8-23-9-7-18-15-13(20-21-22)4-3-12(19-15)11-5-6-17-14(16)10-11/h3-6,10H,2,7-9H2,1H3,(H,18,19)(H,20,22). The Bertz CT molecular complexity index is 654. The number of halogens is 1. The third kappa shape index (κ3) is 4.96. The van der Waals surface area contributed by atoms with Gasteiger partial charge in [0.25, 0.3) is 0 Å². The van der Waals surface area contributed by atoms with Gasteiger partial charge in [0.1, 0.15) is 5.69 Å². The van der Waals surface area contributed by atoms with Gasteiger partial charge >= 0.3 is 0 Å². The summed E-state index contributed by atoms with van der Waals surface area (Å²) in [7, 11) is 0. The second-order valence-electron chi connectivity index (χ2n) is 4.70. The van der Waals surface area contributed by atoms with Gasteiger partial charge in [0.05, 0.1) is 17.6 Å². The van der Waals surface area contributed by atoms with E-state index in [1.54, 1.807) is 18.2 Å². The Morgan fingerprint density at radius 2 is 2.17 bits per heavy atom.